The van der Waals surface area contributed by atoms with Gasteiger partial charge in [0.15, 0.2) is 0 Å². The number of amides is 1. The van der Waals surface area contributed by atoms with Gasteiger partial charge in [-0.3, -0.25) is 9.89 Å². The highest BCUT2D eigenvalue weighted by molar-refractivity contribution is 6.33. The lowest BCUT2D eigenvalue weighted by molar-refractivity contribution is -0.274. The highest BCUT2D eigenvalue weighted by atomic mass is 35.5. The number of carbonyl (C=O) groups is 1. The second kappa shape index (κ2) is 7.25. The highest BCUT2D eigenvalue weighted by Gasteiger charge is 2.32. The Morgan fingerprint density at radius 3 is 2.81 bits per heavy atom. The van der Waals surface area contributed by atoms with Crippen molar-refractivity contribution in [1.29, 1.82) is 0 Å². The van der Waals surface area contributed by atoms with E-state index in [0.29, 0.717) is 22.8 Å². The summed E-state index contributed by atoms with van der Waals surface area (Å²) in [5.74, 6) is -1.25. The zero-order valence-electron chi connectivity index (χ0n) is 13.2. The maximum absolute atomic E-state index is 12.4. The monoisotopic (exact) mass is 383 g/mol. The lowest BCUT2D eigenvalue weighted by Gasteiger charge is -2.12. The van der Waals surface area contributed by atoms with Gasteiger partial charge in [-0.2, -0.15) is 5.10 Å². The average Bonchev–Trinajstić information content (AvgIpc) is 3.20. The largest absolute Gasteiger partial charge is 0.573 e. The van der Waals surface area contributed by atoms with Crippen LogP contribution in [0.5, 0.6) is 5.75 Å². The molecule has 3 rings (SSSR count). The van der Waals surface area contributed by atoms with E-state index in [1.165, 1.54) is 18.2 Å². The highest BCUT2D eigenvalue weighted by Crippen LogP contribution is 2.30. The number of hydrogen-bond acceptors (Lipinski definition) is 3. The molecule has 136 valence electrons. The van der Waals surface area contributed by atoms with Crippen molar-refractivity contribution in [1.82, 2.24) is 15.5 Å². The Balaban J connectivity index is 1.68. The Labute approximate surface area is 151 Å². The van der Waals surface area contributed by atoms with Crippen molar-refractivity contribution in [2.75, 3.05) is 0 Å². The topological polar surface area (TPSA) is 67.0 Å². The van der Waals surface area contributed by atoms with Gasteiger partial charge in [-0.15, -0.1) is 13.2 Å². The second-order valence-corrected chi connectivity index (χ2v) is 5.89. The first-order valence-electron chi connectivity index (χ1n) is 7.56. The van der Waals surface area contributed by atoms with Gasteiger partial charge in [-0.1, -0.05) is 35.9 Å². The molecular formula is C17H13ClF3N3O2. The maximum atomic E-state index is 12.4. The van der Waals surface area contributed by atoms with Crippen LogP contribution in [0.25, 0.3) is 5.57 Å². The number of ether oxygens (including phenoxy) is 1. The number of nitrogens with zero attached hydrogens (tertiary/aromatic N) is 1. The summed E-state index contributed by atoms with van der Waals surface area (Å²) in [6.45, 7) is 0.0563. The minimum atomic E-state index is -4.88. The summed E-state index contributed by atoms with van der Waals surface area (Å²) < 4.78 is 41.2. The van der Waals surface area contributed by atoms with Crippen molar-refractivity contribution in [2.24, 2.45) is 0 Å². The first-order valence-corrected chi connectivity index (χ1v) is 7.94. The summed E-state index contributed by atoms with van der Waals surface area (Å²) in [7, 11) is 0. The van der Waals surface area contributed by atoms with Crippen LogP contribution in [0.4, 0.5) is 13.2 Å². The fourth-order valence-corrected chi connectivity index (χ4v) is 2.68. The predicted molar refractivity (Wildman–Crippen MR) is 89.4 cm³/mol. The minimum absolute atomic E-state index is 0.0563. The molecule has 0 fully saturated rings. The Kier molecular flexibility index (Phi) is 5.03. The van der Waals surface area contributed by atoms with Crippen molar-refractivity contribution in [3.63, 3.8) is 0 Å². The van der Waals surface area contributed by atoms with Gasteiger partial charge in [0.25, 0.3) is 5.91 Å². The van der Waals surface area contributed by atoms with Crippen LogP contribution in [0.2, 0.25) is 0 Å². The lowest BCUT2D eigenvalue weighted by Crippen LogP contribution is -2.25. The third-order valence-electron chi connectivity index (χ3n) is 3.58. The molecule has 1 aliphatic rings. The summed E-state index contributed by atoms with van der Waals surface area (Å²) in [4.78, 5) is 12.2. The maximum Gasteiger partial charge on any atom is 0.573 e. The number of carbonyl (C=O) groups excluding carboxylic acids is 1. The van der Waals surface area contributed by atoms with Gasteiger partial charge in [0.1, 0.15) is 5.75 Å². The van der Waals surface area contributed by atoms with Crippen LogP contribution < -0.4 is 10.1 Å². The van der Waals surface area contributed by atoms with E-state index in [9.17, 15) is 18.0 Å². The van der Waals surface area contributed by atoms with Crippen LogP contribution in [0.1, 0.15) is 28.2 Å². The molecule has 2 N–H and O–H groups in total. The first-order chi connectivity index (χ1) is 12.3. The molecule has 1 aromatic carbocycles. The number of aromatic amines is 1. The van der Waals surface area contributed by atoms with Crippen molar-refractivity contribution in [3.05, 3.63) is 64.5 Å². The van der Waals surface area contributed by atoms with Crippen LogP contribution in [0.3, 0.4) is 0 Å². The Morgan fingerprint density at radius 1 is 1.35 bits per heavy atom. The van der Waals surface area contributed by atoms with E-state index in [1.54, 1.807) is 6.07 Å². The number of H-pyrrole nitrogens is 1. The molecule has 9 heteroatoms. The summed E-state index contributed by atoms with van der Waals surface area (Å²) in [5.41, 5.74) is 1.80. The number of rotatable bonds is 5. The molecule has 0 radical (unpaired) electrons. The average molecular weight is 384 g/mol. The standard InChI is InChI=1S/C17H13ClF3N3O2/c18-13-6-3-5-11(13)14-8-10(23-24-14)9-22-16(25)12-4-1-2-7-15(12)26-17(19,20)21/h1-5,7-8H,6,9H2,(H,22,25)(H,23,24). The second-order valence-electron chi connectivity index (χ2n) is 5.43. The van der Waals surface area contributed by atoms with E-state index in [1.807, 2.05) is 12.2 Å². The summed E-state index contributed by atoms with van der Waals surface area (Å²) in [5, 5.41) is 10.1. The van der Waals surface area contributed by atoms with Crippen LogP contribution >= 0.6 is 11.6 Å². The van der Waals surface area contributed by atoms with Crippen molar-refractivity contribution in [3.8, 4) is 5.75 Å². The van der Waals surface area contributed by atoms with E-state index in [0.717, 1.165) is 11.6 Å². The normalized spacial score (nSPS) is 14.0. The minimum Gasteiger partial charge on any atom is -0.405 e. The van der Waals surface area contributed by atoms with Crippen LogP contribution in [0.15, 0.2) is 47.5 Å². The lowest BCUT2D eigenvalue weighted by atomic mass is 10.2. The molecule has 0 atom stereocenters. The fraction of sp³-hybridized carbons (Fsp3) is 0.176. The molecule has 0 bridgehead atoms. The number of alkyl halides is 3. The molecule has 0 saturated carbocycles. The quantitative estimate of drug-likeness (QED) is 0.815. The molecule has 0 aliphatic heterocycles. The van der Waals surface area contributed by atoms with Crippen molar-refractivity contribution >= 4 is 23.1 Å². The fourth-order valence-electron chi connectivity index (χ4n) is 2.43. The van der Waals surface area contributed by atoms with Gasteiger partial charge in [0, 0.05) is 17.0 Å². The number of nitrogens with one attached hydrogen (secondary N) is 2. The van der Waals surface area contributed by atoms with Gasteiger partial charge in [-0.05, 0) is 18.2 Å². The molecule has 1 aliphatic carbocycles. The molecule has 26 heavy (non-hydrogen) atoms. The molecular weight excluding hydrogens is 371 g/mol. The number of halogens is 4. The van der Waals surface area contributed by atoms with E-state index >= 15 is 0 Å². The number of aromatic nitrogens is 2. The van der Waals surface area contributed by atoms with Gasteiger partial charge in [-0.25, -0.2) is 0 Å². The van der Waals surface area contributed by atoms with E-state index in [4.69, 9.17) is 11.6 Å². The Hall–Kier alpha value is -2.74. The molecule has 5 nitrogen and oxygen atoms in total. The summed E-state index contributed by atoms with van der Waals surface area (Å²) in [6.07, 6.45) is -0.473. The molecule has 0 spiro atoms. The van der Waals surface area contributed by atoms with Crippen molar-refractivity contribution in [2.45, 2.75) is 19.3 Å². The van der Waals surface area contributed by atoms with Crippen LogP contribution in [-0.2, 0) is 6.54 Å². The third-order valence-corrected chi connectivity index (χ3v) is 3.94. The van der Waals surface area contributed by atoms with Gasteiger partial charge >= 0.3 is 6.36 Å². The Morgan fingerprint density at radius 2 is 2.12 bits per heavy atom. The van der Waals surface area contributed by atoms with E-state index < -0.39 is 18.0 Å². The molecule has 0 saturated heterocycles. The molecule has 1 amide bonds. The van der Waals surface area contributed by atoms with Gasteiger partial charge in [0.2, 0.25) is 0 Å². The smallest absolute Gasteiger partial charge is 0.405 e. The molecule has 1 heterocycles. The van der Waals surface area contributed by atoms with Gasteiger partial charge in [0.05, 0.1) is 23.5 Å². The molecule has 1 aromatic heterocycles. The number of allylic oxidation sites excluding steroid dienone is 4. The zero-order chi connectivity index (χ0) is 18.7. The summed E-state index contributed by atoms with van der Waals surface area (Å²) in [6, 6.07) is 6.85. The third kappa shape index (κ3) is 4.26. The van der Waals surface area contributed by atoms with Crippen LogP contribution in [-0.4, -0.2) is 22.5 Å². The number of hydrogen-bond donors (Lipinski definition) is 2. The number of para-hydroxylation sites is 1. The number of benzene rings is 1. The van der Waals surface area contributed by atoms with Gasteiger partial charge < -0.3 is 10.1 Å². The Bertz CT molecular complexity index is 887. The summed E-state index contributed by atoms with van der Waals surface area (Å²) >= 11 is 6.09. The van der Waals surface area contributed by atoms with Crippen molar-refractivity contribution < 1.29 is 22.7 Å². The molecule has 0 unspecified atom stereocenters. The van der Waals surface area contributed by atoms with Crippen LogP contribution in [0, 0.1) is 0 Å². The molecule has 2 aromatic rings. The SMILES string of the molecule is O=C(NCc1cc(C2=C(Cl)CC=C2)n[nH]1)c1ccccc1OC(F)(F)F. The predicted octanol–water partition coefficient (Wildman–Crippen LogP) is 4.15. The van der Waals surface area contributed by atoms with E-state index in [2.05, 4.69) is 20.3 Å². The van der Waals surface area contributed by atoms with E-state index in [-0.39, 0.29) is 12.1 Å². The first kappa shape index (κ1) is 18.1. The zero-order valence-corrected chi connectivity index (χ0v) is 14.0.